The van der Waals surface area contributed by atoms with Crippen molar-refractivity contribution in [2.75, 3.05) is 0 Å². The fraction of sp³-hybridized carbons (Fsp3) is 0.333. The Morgan fingerprint density at radius 2 is 1.50 bits per heavy atom. The Morgan fingerprint density at radius 3 is 1.86 bits per heavy atom. The second-order valence-electron chi connectivity index (χ2n) is 3.54. The van der Waals surface area contributed by atoms with Gasteiger partial charge in [-0.3, -0.25) is 0 Å². The molecule has 0 amide bonds. The number of nitrogens with zero attached hydrogens (tertiary/aromatic N) is 2. The van der Waals surface area contributed by atoms with Gasteiger partial charge in [0.05, 0.1) is 0 Å². The molecular formula is C12H12N2. The average Bonchev–Trinajstić information content (AvgIpc) is 2.31. The Hall–Kier alpha value is -1.80. The van der Waals surface area contributed by atoms with E-state index < -0.39 is 0 Å². The number of nitriles is 2. The minimum atomic E-state index is 0.200. The van der Waals surface area contributed by atoms with Crippen LogP contribution in [-0.4, -0.2) is 0 Å². The molecule has 1 aliphatic carbocycles. The topological polar surface area (TPSA) is 47.6 Å². The minimum Gasteiger partial charge on any atom is -0.192 e. The lowest BCUT2D eigenvalue weighted by atomic mass is 10.1. The van der Waals surface area contributed by atoms with E-state index >= 15 is 0 Å². The van der Waals surface area contributed by atoms with Gasteiger partial charge in [-0.1, -0.05) is 23.3 Å². The highest BCUT2D eigenvalue weighted by atomic mass is 14.3. The first-order valence-electron chi connectivity index (χ1n) is 4.56. The van der Waals surface area contributed by atoms with E-state index in [-0.39, 0.29) is 5.57 Å². The van der Waals surface area contributed by atoms with Crippen molar-refractivity contribution in [3.63, 3.8) is 0 Å². The molecule has 0 aromatic carbocycles. The quantitative estimate of drug-likeness (QED) is 0.543. The number of allylic oxidation sites excluding steroid dienone is 6. The first-order valence-corrected chi connectivity index (χ1v) is 4.56. The summed E-state index contributed by atoms with van der Waals surface area (Å²) in [5, 5.41) is 17.5. The van der Waals surface area contributed by atoms with Crippen molar-refractivity contribution in [3.05, 3.63) is 34.4 Å². The van der Waals surface area contributed by atoms with Gasteiger partial charge in [0.1, 0.15) is 17.7 Å². The summed E-state index contributed by atoms with van der Waals surface area (Å²) in [5.74, 6) is 0. The monoisotopic (exact) mass is 184 g/mol. The van der Waals surface area contributed by atoms with Crippen LogP contribution in [-0.2, 0) is 0 Å². The molecule has 2 nitrogen and oxygen atoms in total. The van der Waals surface area contributed by atoms with Gasteiger partial charge in [0.2, 0.25) is 0 Å². The molecule has 0 saturated carbocycles. The second-order valence-corrected chi connectivity index (χ2v) is 3.54. The van der Waals surface area contributed by atoms with Crippen LogP contribution in [0.3, 0.4) is 0 Å². The number of hydrogen-bond acceptors (Lipinski definition) is 2. The lowest BCUT2D eigenvalue weighted by molar-refractivity contribution is 0.933. The number of hydrogen-bond donors (Lipinski definition) is 0. The van der Waals surface area contributed by atoms with E-state index in [1.807, 2.05) is 38.1 Å². The van der Waals surface area contributed by atoms with Crippen LogP contribution in [0.2, 0.25) is 0 Å². The molecule has 0 unspecified atom stereocenters. The van der Waals surface area contributed by atoms with Gasteiger partial charge in [0.25, 0.3) is 0 Å². The second kappa shape index (κ2) is 4.44. The molecule has 0 heterocycles. The average molecular weight is 184 g/mol. The van der Waals surface area contributed by atoms with Gasteiger partial charge in [-0.25, -0.2) is 0 Å². The maximum atomic E-state index is 8.75. The van der Waals surface area contributed by atoms with Gasteiger partial charge >= 0.3 is 0 Å². The zero-order chi connectivity index (χ0) is 10.6. The summed E-state index contributed by atoms with van der Waals surface area (Å²) < 4.78 is 0. The van der Waals surface area contributed by atoms with E-state index in [4.69, 9.17) is 10.5 Å². The first kappa shape index (κ1) is 10.3. The fourth-order valence-electron chi connectivity index (χ4n) is 1.41. The van der Waals surface area contributed by atoms with Crippen molar-refractivity contribution in [1.29, 1.82) is 10.5 Å². The molecule has 1 rings (SSSR count). The molecule has 2 heteroatoms. The molecule has 0 saturated heterocycles. The molecule has 0 radical (unpaired) electrons. The summed E-state index contributed by atoms with van der Waals surface area (Å²) in [6.45, 7) is 4.05. The summed E-state index contributed by atoms with van der Waals surface area (Å²) >= 11 is 0. The highest BCUT2D eigenvalue weighted by Crippen LogP contribution is 2.22. The Balaban J connectivity index is 3.26. The van der Waals surface area contributed by atoms with Crippen molar-refractivity contribution in [1.82, 2.24) is 0 Å². The molecule has 0 aromatic heterocycles. The van der Waals surface area contributed by atoms with Gasteiger partial charge < -0.3 is 0 Å². The lowest BCUT2D eigenvalue weighted by Gasteiger charge is -1.95. The van der Waals surface area contributed by atoms with Gasteiger partial charge in [0.15, 0.2) is 0 Å². The molecule has 1 aliphatic rings. The highest BCUT2D eigenvalue weighted by Gasteiger charge is 2.06. The Morgan fingerprint density at radius 1 is 1.07 bits per heavy atom. The summed E-state index contributed by atoms with van der Waals surface area (Å²) in [6, 6.07) is 3.84. The van der Waals surface area contributed by atoms with E-state index in [0.717, 1.165) is 18.4 Å². The lowest BCUT2D eigenvalue weighted by Crippen LogP contribution is -1.82. The van der Waals surface area contributed by atoms with Gasteiger partial charge in [-0.15, -0.1) is 0 Å². The maximum Gasteiger partial charge on any atom is 0.136 e. The Bertz CT molecular complexity index is 371. The van der Waals surface area contributed by atoms with Crippen molar-refractivity contribution in [3.8, 4) is 12.1 Å². The largest absolute Gasteiger partial charge is 0.192 e. The van der Waals surface area contributed by atoms with E-state index in [0.29, 0.717) is 0 Å². The van der Waals surface area contributed by atoms with Gasteiger partial charge in [-0.05, 0) is 26.7 Å². The van der Waals surface area contributed by atoms with Gasteiger partial charge in [0, 0.05) is 5.57 Å². The van der Waals surface area contributed by atoms with Crippen LogP contribution < -0.4 is 0 Å². The van der Waals surface area contributed by atoms with E-state index in [2.05, 4.69) is 0 Å². The molecule has 0 atom stereocenters. The SMILES string of the molecule is CC1=CC(=C(C#N)C#N)C=C(C)CC1. The van der Waals surface area contributed by atoms with Crippen molar-refractivity contribution >= 4 is 0 Å². The molecule has 70 valence electrons. The van der Waals surface area contributed by atoms with E-state index in [1.54, 1.807) is 0 Å². The summed E-state index contributed by atoms with van der Waals surface area (Å²) in [4.78, 5) is 0. The Kier molecular flexibility index (Phi) is 3.26. The molecule has 0 spiro atoms. The molecule has 14 heavy (non-hydrogen) atoms. The zero-order valence-electron chi connectivity index (χ0n) is 8.46. The van der Waals surface area contributed by atoms with Crippen LogP contribution in [0.4, 0.5) is 0 Å². The smallest absolute Gasteiger partial charge is 0.136 e. The molecule has 0 fully saturated rings. The van der Waals surface area contributed by atoms with Crippen LogP contribution in [0, 0.1) is 22.7 Å². The predicted molar refractivity (Wildman–Crippen MR) is 55.0 cm³/mol. The third-order valence-electron chi connectivity index (χ3n) is 2.23. The summed E-state index contributed by atoms with van der Waals surface area (Å²) in [5.41, 5.74) is 3.39. The zero-order valence-corrected chi connectivity index (χ0v) is 8.46. The Labute approximate surface area is 84.5 Å². The molecule has 0 N–H and O–H groups in total. The summed E-state index contributed by atoms with van der Waals surface area (Å²) in [7, 11) is 0. The third-order valence-corrected chi connectivity index (χ3v) is 2.23. The predicted octanol–water partition coefficient (Wildman–Crippen LogP) is 3.02. The molecule has 0 aliphatic heterocycles. The minimum absolute atomic E-state index is 0.200. The van der Waals surface area contributed by atoms with E-state index in [9.17, 15) is 0 Å². The van der Waals surface area contributed by atoms with E-state index in [1.165, 1.54) is 11.1 Å². The molecule has 0 aromatic rings. The van der Waals surface area contributed by atoms with Crippen molar-refractivity contribution in [2.45, 2.75) is 26.7 Å². The third kappa shape index (κ3) is 2.34. The van der Waals surface area contributed by atoms with Crippen molar-refractivity contribution in [2.24, 2.45) is 0 Å². The number of rotatable bonds is 0. The normalized spacial score (nSPS) is 15.9. The summed E-state index contributed by atoms with van der Waals surface area (Å²) in [6.07, 6.45) is 5.88. The van der Waals surface area contributed by atoms with Crippen LogP contribution in [0.5, 0.6) is 0 Å². The first-order chi connectivity index (χ1) is 6.67. The standard InChI is InChI=1S/C12H12N2/c1-9-3-4-10(2)6-11(5-9)12(7-13)8-14/h5-6H,3-4H2,1-2H3. The van der Waals surface area contributed by atoms with Crippen LogP contribution in [0.25, 0.3) is 0 Å². The van der Waals surface area contributed by atoms with Crippen LogP contribution in [0.15, 0.2) is 34.4 Å². The van der Waals surface area contributed by atoms with Crippen molar-refractivity contribution < 1.29 is 0 Å². The van der Waals surface area contributed by atoms with Crippen LogP contribution in [0.1, 0.15) is 26.7 Å². The highest BCUT2D eigenvalue weighted by molar-refractivity contribution is 5.52. The molecule has 0 bridgehead atoms. The fourth-order valence-corrected chi connectivity index (χ4v) is 1.41. The molecular weight excluding hydrogens is 172 g/mol. The maximum absolute atomic E-state index is 8.75. The van der Waals surface area contributed by atoms with Crippen LogP contribution >= 0.6 is 0 Å². The van der Waals surface area contributed by atoms with Gasteiger partial charge in [-0.2, -0.15) is 10.5 Å².